The quantitative estimate of drug-likeness (QED) is 0.601. The molecule has 1 aromatic heterocycles. The lowest BCUT2D eigenvalue weighted by Gasteiger charge is -2.25. The Bertz CT molecular complexity index is 1300. The number of anilines is 1. The maximum atomic E-state index is 6.60. The lowest BCUT2D eigenvalue weighted by atomic mass is 9.80. The van der Waals surface area contributed by atoms with Crippen molar-refractivity contribution in [1.29, 1.82) is 0 Å². The van der Waals surface area contributed by atoms with Crippen LogP contribution in [-0.2, 0) is 19.3 Å². The summed E-state index contributed by atoms with van der Waals surface area (Å²) in [7, 11) is 3.87. The van der Waals surface area contributed by atoms with Gasteiger partial charge in [-0.3, -0.25) is 4.99 Å². The van der Waals surface area contributed by atoms with Crippen molar-refractivity contribution in [2.75, 3.05) is 33.0 Å². The van der Waals surface area contributed by atoms with Crippen molar-refractivity contribution in [2.24, 2.45) is 10.9 Å². The number of rotatable bonds is 5. The summed E-state index contributed by atoms with van der Waals surface area (Å²) in [4.78, 5) is 16.0. The number of aryl methyl sites for hydroxylation is 1. The minimum atomic E-state index is 0.188. The predicted octanol–water partition coefficient (Wildman–Crippen LogP) is 4.25. The number of likely N-dealkylation sites (tertiary alicyclic amines) is 1. The summed E-state index contributed by atoms with van der Waals surface area (Å²) in [5.74, 6) is 2.53. The second-order valence-electron chi connectivity index (χ2n) is 9.92. The smallest absolute Gasteiger partial charge is 0.220 e. The minimum absolute atomic E-state index is 0.188. The summed E-state index contributed by atoms with van der Waals surface area (Å²) >= 11 is 0. The molecule has 0 saturated carbocycles. The molecule has 2 atom stereocenters. The molecular weight excluding hydrogens is 438 g/mol. The first-order chi connectivity index (χ1) is 17.1. The second-order valence-corrected chi connectivity index (χ2v) is 9.92. The average Bonchev–Trinajstić information content (AvgIpc) is 3.49. The Morgan fingerprint density at radius 3 is 2.80 bits per heavy atom. The van der Waals surface area contributed by atoms with E-state index in [0.29, 0.717) is 5.92 Å². The summed E-state index contributed by atoms with van der Waals surface area (Å²) in [6, 6.07) is 12.6. The van der Waals surface area contributed by atoms with Crippen LogP contribution in [0.1, 0.15) is 29.5 Å². The first-order valence-corrected chi connectivity index (χ1v) is 12.4. The van der Waals surface area contributed by atoms with Crippen LogP contribution in [0.4, 0.5) is 11.6 Å². The normalized spacial score (nSPS) is 21.4. The van der Waals surface area contributed by atoms with Gasteiger partial charge in [0.05, 0.1) is 18.5 Å². The summed E-state index contributed by atoms with van der Waals surface area (Å²) in [6.45, 7) is 2.00. The van der Waals surface area contributed by atoms with Crippen molar-refractivity contribution in [3.8, 4) is 22.8 Å². The third-order valence-corrected chi connectivity index (χ3v) is 7.53. The van der Waals surface area contributed by atoms with E-state index in [-0.39, 0.29) is 12.1 Å². The van der Waals surface area contributed by atoms with Crippen molar-refractivity contribution in [1.82, 2.24) is 14.9 Å². The van der Waals surface area contributed by atoms with E-state index in [4.69, 9.17) is 20.2 Å². The molecule has 3 aliphatic rings. The SMILES string of the molecule is COc1ccc2c(c1)CC(C1=Nc3cc(-c4ccnc(N)n4)cc(OC4CCN(C)C4)c3C1)CC2. The second kappa shape index (κ2) is 8.96. The molecule has 1 fully saturated rings. The zero-order valence-electron chi connectivity index (χ0n) is 20.3. The van der Waals surface area contributed by atoms with Crippen LogP contribution in [0, 0.1) is 5.92 Å². The van der Waals surface area contributed by atoms with Gasteiger partial charge in [0.2, 0.25) is 5.95 Å². The number of benzene rings is 2. The van der Waals surface area contributed by atoms with Crippen molar-refractivity contribution >= 4 is 17.3 Å². The first-order valence-electron chi connectivity index (χ1n) is 12.4. The topological polar surface area (TPSA) is 85.9 Å². The number of ether oxygens (including phenoxy) is 2. The lowest BCUT2D eigenvalue weighted by Crippen LogP contribution is -2.24. The number of nitrogen functional groups attached to an aromatic ring is 1. The van der Waals surface area contributed by atoms with Crippen LogP contribution >= 0.6 is 0 Å². The Morgan fingerprint density at radius 1 is 1.09 bits per heavy atom. The molecule has 3 aromatic rings. The molecular formula is C28H31N5O2. The van der Waals surface area contributed by atoms with E-state index >= 15 is 0 Å². The predicted molar refractivity (Wildman–Crippen MR) is 138 cm³/mol. The van der Waals surface area contributed by atoms with E-state index < -0.39 is 0 Å². The molecule has 2 N–H and O–H groups in total. The Kier molecular flexibility index (Phi) is 5.65. The summed E-state index contributed by atoms with van der Waals surface area (Å²) in [6.07, 6.45) is 6.94. The number of hydrogen-bond donors (Lipinski definition) is 1. The molecule has 6 rings (SSSR count). The molecule has 7 heteroatoms. The van der Waals surface area contributed by atoms with Gasteiger partial charge in [0.15, 0.2) is 0 Å². The highest BCUT2D eigenvalue weighted by atomic mass is 16.5. The van der Waals surface area contributed by atoms with Gasteiger partial charge in [0.1, 0.15) is 17.6 Å². The van der Waals surface area contributed by atoms with Crippen LogP contribution in [0.15, 0.2) is 47.6 Å². The number of nitrogens with two attached hydrogens (primary N) is 1. The Balaban J connectivity index is 1.33. The fourth-order valence-electron chi connectivity index (χ4n) is 5.62. The lowest BCUT2D eigenvalue weighted by molar-refractivity contribution is 0.207. The Hall–Kier alpha value is -3.45. The molecule has 0 spiro atoms. The fourth-order valence-corrected chi connectivity index (χ4v) is 5.62. The van der Waals surface area contributed by atoms with Gasteiger partial charge in [-0.1, -0.05) is 6.07 Å². The van der Waals surface area contributed by atoms with E-state index in [1.165, 1.54) is 22.4 Å². The van der Waals surface area contributed by atoms with Crippen molar-refractivity contribution in [3.63, 3.8) is 0 Å². The van der Waals surface area contributed by atoms with Crippen molar-refractivity contribution < 1.29 is 9.47 Å². The number of aromatic nitrogens is 2. The molecule has 2 aromatic carbocycles. The molecule has 7 nitrogen and oxygen atoms in total. The van der Waals surface area contributed by atoms with Gasteiger partial charge in [-0.2, -0.15) is 0 Å². The van der Waals surface area contributed by atoms with Gasteiger partial charge < -0.3 is 20.1 Å². The minimum Gasteiger partial charge on any atom is -0.497 e. The van der Waals surface area contributed by atoms with Crippen LogP contribution in [0.2, 0.25) is 0 Å². The van der Waals surface area contributed by atoms with Crippen LogP contribution in [0.5, 0.6) is 11.5 Å². The van der Waals surface area contributed by atoms with Crippen LogP contribution in [0.25, 0.3) is 11.3 Å². The van der Waals surface area contributed by atoms with E-state index in [9.17, 15) is 0 Å². The van der Waals surface area contributed by atoms with E-state index in [1.54, 1.807) is 13.3 Å². The zero-order valence-corrected chi connectivity index (χ0v) is 20.3. The number of likely N-dealkylation sites (N-methyl/N-ethyl adjacent to an activating group) is 1. The number of hydrogen-bond acceptors (Lipinski definition) is 7. The van der Waals surface area contributed by atoms with E-state index in [2.05, 4.69) is 52.2 Å². The standard InChI is InChI=1S/C28H31N5O2/c1-33-10-8-22(16-33)35-27-14-20(24-7-9-30-28(29)32-24)13-26-23(27)15-25(31-26)18-4-3-17-5-6-21(34-2)12-19(17)11-18/h5-7,9,12-14,18,22H,3-4,8,10-11,15-16H2,1-2H3,(H2,29,30,32). The molecule has 0 amide bonds. The molecule has 1 saturated heterocycles. The maximum Gasteiger partial charge on any atom is 0.220 e. The highest BCUT2D eigenvalue weighted by Crippen LogP contribution is 2.42. The molecule has 180 valence electrons. The molecule has 35 heavy (non-hydrogen) atoms. The van der Waals surface area contributed by atoms with Crippen LogP contribution in [0.3, 0.4) is 0 Å². The van der Waals surface area contributed by atoms with E-state index in [1.807, 2.05) is 6.07 Å². The third-order valence-electron chi connectivity index (χ3n) is 7.53. The molecule has 1 aliphatic carbocycles. The number of aliphatic imine (C=N–C) groups is 1. The molecule has 2 aliphatic heterocycles. The highest BCUT2D eigenvalue weighted by Gasteiger charge is 2.30. The third kappa shape index (κ3) is 4.36. The van der Waals surface area contributed by atoms with E-state index in [0.717, 1.165) is 73.6 Å². The van der Waals surface area contributed by atoms with Gasteiger partial charge >= 0.3 is 0 Å². The number of nitrogens with zero attached hydrogens (tertiary/aromatic N) is 4. The van der Waals surface area contributed by atoms with Gasteiger partial charge in [0.25, 0.3) is 0 Å². The summed E-state index contributed by atoms with van der Waals surface area (Å²) in [5, 5.41) is 0. The van der Waals surface area contributed by atoms with Gasteiger partial charge in [-0.25, -0.2) is 9.97 Å². The highest BCUT2D eigenvalue weighted by molar-refractivity contribution is 5.97. The Labute approximate surface area is 206 Å². The molecule has 0 radical (unpaired) electrons. The number of fused-ring (bicyclic) bond motifs is 2. The first kappa shape index (κ1) is 22.0. The largest absolute Gasteiger partial charge is 0.497 e. The van der Waals surface area contributed by atoms with Crippen molar-refractivity contribution in [2.45, 2.75) is 38.2 Å². The average molecular weight is 470 g/mol. The number of methoxy groups -OCH3 is 1. The van der Waals surface area contributed by atoms with Crippen molar-refractivity contribution in [3.05, 3.63) is 59.3 Å². The van der Waals surface area contributed by atoms with Gasteiger partial charge in [-0.05, 0) is 74.2 Å². The maximum absolute atomic E-state index is 6.60. The van der Waals surface area contributed by atoms with Crippen LogP contribution in [-0.4, -0.2) is 53.9 Å². The summed E-state index contributed by atoms with van der Waals surface area (Å²) < 4.78 is 12.1. The summed E-state index contributed by atoms with van der Waals surface area (Å²) in [5.41, 5.74) is 13.9. The molecule has 3 heterocycles. The zero-order chi connectivity index (χ0) is 23.9. The monoisotopic (exact) mass is 469 g/mol. The van der Waals surface area contributed by atoms with Gasteiger partial charge in [0, 0.05) is 48.5 Å². The Morgan fingerprint density at radius 2 is 2.00 bits per heavy atom. The fraction of sp³-hybridized carbons (Fsp3) is 0.393. The molecule has 0 bridgehead atoms. The molecule has 2 unspecified atom stereocenters. The van der Waals surface area contributed by atoms with Gasteiger partial charge in [-0.15, -0.1) is 0 Å². The van der Waals surface area contributed by atoms with Crippen LogP contribution < -0.4 is 15.2 Å².